The number of carbonyl (C=O) groups is 2. The van der Waals surface area contributed by atoms with E-state index in [-0.39, 0.29) is 26.8 Å². The van der Waals surface area contributed by atoms with E-state index in [1.54, 1.807) is 36.4 Å². The SMILES string of the molecule is C.C.C[N+](C)(C)c1ccc(CC(=O)OCCCCCCCCOc2cccc(OC(=O)c3ccccc3)c2)cc1. The molecule has 6 heteroatoms. The number of carbonyl (C=O) groups excluding carboxylic acids is 2. The highest BCUT2D eigenvalue weighted by Crippen LogP contribution is 2.21. The van der Waals surface area contributed by atoms with E-state index in [1.165, 1.54) is 5.69 Å². The van der Waals surface area contributed by atoms with Gasteiger partial charge in [-0.1, -0.05) is 76.9 Å². The molecular weight excluding hydrogens is 502 g/mol. The molecule has 3 aromatic rings. The zero-order valence-corrected chi connectivity index (χ0v) is 22.9. The zero-order valence-electron chi connectivity index (χ0n) is 22.9. The van der Waals surface area contributed by atoms with Gasteiger partial charge in [0.05, 0.1) is 46.3 Å². The number of hydrogen-bond acceptors (Lipinski definition) is 5. The number of quaternary nitrogens is 1. The number of esters is 2. The molecule has 0 aliphatic heterocycles. The molecule has 0 bridgehead atoms. The van der Waals surface area contributed by atoms with Gasteiger partial charge in [-0.25, -0.2) is 4.79 Å². The van der Waals surface area contributed by atoms with Crippen LogP contribution >= 0.6 is 0 Å². The topological polar surface area (TPSA) is 61.8 Å². The van der Waals surface area contributed by atoms with Crippen LogP contribution in [0.5, 0.6) is 11.5 Å². The van der Waals surface area contributed by atoms with Gasteiger partial charge in [-0.2, -0.15) is 0 Å². The first-order chi connectivity index (χ1) is 18.3. The molecule has 0 heterocycles. The maximum atomic E-state index is 12.2. The lowest BCUT2D eigenvalue weighted by atomic mass is 10.1. The van der Waals surface area contributed by atoms with Crippen molar-refractivity contribution in [1.82, 2.24) is 4.48 Å². The Morgan fingerprint density at radius 2 is 1.27 bits per heavy atom. The summed E-state index contributed by atoms with van der Waals surface area (Å²) >= 11 is 0. The third-order valence-corrected chi connectivity index (χ3v) is 6.16. The van der Waals surface area contributed by atoms with Crippen molar-refractivity contribution in [2.45, 2.75) is 59.8 Å². The first kappa shape index (κ1) is 34.4. The van der Waals surface area contributed by atoms with Crippen LogP contribution in [0.4, 0.5) is 5.69 Å². The van der Waals surface area contributed by atoms with Gasteiger partial charge >= 0.3 is 11.9 Å². The molecule has 0 spiro atoms. The average molecular weight is 551 g/mol. The molecule has 218 valence electrons. The lowest BCUT2D eigenvalue weighted by Gasteiger charge is -2.23. The van der Waals surface area contributed by atoms with E-state index >= 15 is 0 Å². The smallest absolute Gasteiger partial charge is 0.343 e. The Kier molecular flexibility index (Phi) is 15.3. The Hall–Kier alpha value is -3.64. The highest BCUT2D eigenvalue weighted by atomic mass is 16.5. The molecule has 0 aromatic heterocycles. The summed E-state index contributed by atoms with van der Waals surface area (Å²) in [6, 6.07) is 24.2. The predicted molar refractivity (Wildman–Crippen MR) is 165 cm³/mol. The zero-order chi connectivity index (χ0) is 27.2. The van der Waals surface area contributed by atoms with Gasteiger partial charge in [0.1, 0.15) is 17.2 Å². The second kappa shape index (κ2) is 17.9. The number of hydrogen-bond donors (Lipinski definition) is 0. The second-order valence-corrected chi connectivity index (χ2v) is 10.3. The summed E-state index contributed by atoms with van der Waals surface area (Å²) in [5.41, 5.74) is 2.69. The summed E-state index contributed by atoms with van der Waals surface area (Å²) in [6.45, 7) is 1.09. The average Bonchev–Trinajstić information content (AvgIpc) is 2.90. The van der Waals surface area contributed by atoms with Gasteiger partial charge in [0.2, 0.25) is 0 Å². The minimum atomic E-state index is -0.386. The van der Waals surface area contributed by atoms with Gasteiger partial charge in [0.15, 0.2) is 0 Å². The summed E-state index contributed by atoms with van der Waals surface area (Å²) in [5.74, 6) is 0.603. The summed E-state index contributed by atoms with van der Waals surface area (Å²) < 4.78 is 17.4. The first-order valence-corrected chi connectivity index (χ1v) is 13.4. The van der Waals surface area contributed by atoms with Crippen LogP contribution in [0.3, 0.4) is 0 Å². The van der Waals surface area contributed by atoms with Crippen molar-refractivity contribution < 1.29 is 23.8 Å². The Bertz CT molecular complexity index is 1140. The number of rotatable bonds is 15. The highest BCUT2D eigenvalue weighted by Gasteiger charge is 2.12. The maximum Gasteiger partial charge on any atom is 0.343 e. The van der Waals surface area contributed by atoms with E-state index in [1.807, 2.05) is 30.3 Å². The first-order valence-electron chi connectivity index (χ1n) is 13.4. The third kappa shape index (κ3) is 12.5. The molecule has 40 heavy (non-hydrogen) atoms. The summed E-state index contributed by atoms with van der Waals surface area (Å²) in [4.78, 5) is 24.3. The van der Waals surface area contributed by atoms with Crippen LogP contribution in [0.25, 0.3) is 0 Å². The molecule has 0 radical (unpaired) electrons. The molecule has 0 atom stereocenters. The van der Waals surface area contributed by atoms with Crippen LogP contribution < -0.4 is 14.0 Å². The minimum absolute atomic E-state index is 0. The largest absolute Gasteiger partial charge is 0.493 e. The molecule has 0 saturated heterocycles. The van der Waals surface area contributed by atoms with Gasteiger partial charge in [0.25, 0.3) is 0 Å². The summed E-state index contributed by atoms with van der Waals surface area (Å²) in [5, 5.41) is 0. The van der Waals surface area contributed by atoms with Crippen molar-refractivity contribution in [2.75, 3.05) is 34.4 Å². The fraction of sp³-hybridized carbons (Fsp3) is 0.412. The fourth-order valence-corrected chi connectivity index (χ4v) is 3.93. The highest BCUT2D eigenvalue weighted by molar-refractivity contribution is 5.91. The minimum Gasteiger partial charge on any atom is -0.493 e. The predicted octanol–water partition coefficient (Wildman–Crippen LogP) is 7.88. The molecule has 6 nitrogen and oxygen atoms in total. The lowest BCUT2D eigenvalue weighted by molar-refractivity contribution is -0.142. The molecule has 0 aliphatic rings. The molecule has 0 aliphatic carbocycles. The van der Waals surface area contributed by atoms with E-state index in [0.717, 1.165) is 48.6 Å². The van der Waals surface area contributed by atoms with Crippen LogP contribution in [0.1, 0.15) is 69.3 Å². The lowest BCUT2D eigenvalue weighted by Crippen LogP contribution is -2.34. The quantitative estimate of drug-likeness (QED) is 0.0834. The molecule has 3 aromatic carbocycles. The van der Waals surface area contributed by atoms with Crippen molar-refractivity contribution in [3.8, 4) is 11.5 Å². The Labute approximate surface area is 241 Å². The van der Waals surface area contributed by atoms with Crippen molar-refractivity contribution in [1.29, 1.82) is 0 Å². The van der Waals surface area contributed by atoms with Crippen LogP contribution in [0.2, 0.25) is 0 Å². The van der Waals surface area contributed by atoms with Crippen molar-refractivity contribution >= 4 is 17.6 Å². The van der Waals surface area contributed by atoms with Crippen molar-refractivity contribution in [3.63, 3.8) is 0 Å². The number of benzene rings is 3. The number of unbranched alkanes of at least 4 members (excludes halogenated alkanes) is 5. The van der Waals surface area contributed by atoms with Crippen LogP contribution in [-0.2, 0) is 16.0 Å². The van der Waals surface area contributed by atoms with E-state index in [2.05, 4.69) is 33.3 Å². The van der Waals surface area contributed by atoms with Crippen LogP contribution in [0, 0.1) is 0 Å². The van der Waals surface area contributed by atoms with Gasteiger partial charge in [0, 0.05) is 6.07 Å². The standard InChI is InChI=1S/C32H40NO5.2CH4/c1-33(2,3)28-20-18-26(19-21-28)24-31(34)37-23-12-7-5-4-6-11-22-36-29-16-13-17-30(25-29)38-32(35)27-14-9-8-10-15-27;;/h8-10,13-21,25H,4-7,11-12,22-24H2,1-3H3;2*1H4/q+1;;. The second-order valence-electron chi connectivity index (χ2n) is 10.3. The fourth-order valence-electron chi connectivity index (χ4n) is 3.93. The van der Waals surface area contributed by atoms with Crippen LogP contribution in [0.15, 0.2) is 78.9 Å². The van der Waals surface area contributed by atoms with Crippen molar-refractivity contribution in [3.05, 3.63) is 90.0 Å². The Morgan fingerprint density at radius 1 is 0.675 bits per heavy atom. The normalized spacial score (nSPS) is 10.6. The Balaban J connectivity index is 0.00000400. The monoisotopic (exact) mass is 550 g/mol. The van der Waals surface area contributed by atoms with E-state index in [9.17, 15) is 9.59 Å². The van der Waals surface area contributed by atoms with Gasteiger partial charge in [-0.05, 0) is 54.8 Å². The molecule has 0 fully saturated rings. The van der Waals surface area contributed by atoms with E-state index in [0.29, 0.717) is 36.7 Å². The molecular formula is C34H48NO5+. The molecule has 0 unspecified atom stereocenters. The molecule has 0 saturated carbocycles. The number of nitrogens with zero attached hydrogens (tertiary/aromatic N) is 1. The molecule has 0 amide bonds. The molecule has 3 rings (SSSR count). The molecule has 0 N–H and O–H groups in total. The summed E-state index contributed by atoms with van der Waals surface area (Å²) in [7, 11) is 6.35. The summed E-state index contributed by atoms with van der Waals surface area (Å²) in [6.07, 6.45) is 6.50. The van der Waals surface area contributed by atoms with Gasteiger partial charge in [-0.3, -0.25) is 9.28 Å². The third-order valence-electron chi connectivity index (χ3n) is 6.16. The maximum absolute atomic E-state index is 12.2. The Morgan fingerprint density at radius 3 is 1.93 bits per heavy atom. The van der Waals surface area contributed by atoms with E-state index in [4.69, 9.17) is 14.2 Å². The van der Waals surface area contributed by atoms with Gasteiger partial charge in [-0.15, -0.1) is 0 Å². The van der Waals surface area contributed by atoms with Crippen LogP contribution in [-0.4, -0.2) is 46.3 Å². The number of ether oxygens (including phenoxy) is 3. The van der Waals surface area contributed by atoms with Crippen molar-refractivity contribution in [2.24, 2.45) is 0 Å². The van der Waals surface area contributed by atoms with E-state index < -0.39 is 0 Å². The van der Waals surface area contributed by atoms with Gasteiger partial charge < -0.3 is 14.2 Å².